The number of carbonyl (C=O) groups is 2. The van der Waals surface area contributed by atoms with E-state index in [2.05, 4.69) is 15.3 Å². The highest BCUT2D eigenvalue weighted by atomic mass is 32.2. The lowest BCUT2D eigenvalue weighted by atomic mass is 9.77. The number of aromatic nitrogens is 2. The number of carbonyl (C=O) groups excluding carboxylic acids is 2. The Hall–Kier alpha value is -3.27. The standard InChI is InChI=1S/C30H42F2N8O4S/c1-20-17-26(30(31,32)22-5-3-21(4-6-22)28(42)35-12-2-11-33)37-29(36-20)38-13-15-39(16-14-38)45(43,44)25-9-7-24(8-10-25)40-19-23(34)18-27(40)41/h7-10,17,21-23H,2-6,11-16,18-19,33-34H2,1H3,(H,35,42)/t21-,22-,23-/m1/s1. The Morgan fingerprint density at radius 1 is 1.07 bits per heavy atom. The summed E-state index contributed by atoms with van der Waals surface area (Å²) in [7, 11) is -3.82. The predicted molar refractivity (Wildman–Crippen MR) is 165 cm³/mol. The van der Waals surface area contributed by atoms with E-state index in [1.54, 1.807) is 28.9 Å². The first-order chi connectivity index (χ1) is 21.4. The van der Waals surface area contributed by atoms with E-state index in [4.69, 9.17) is 11.5 Å². The van der Waals surface area contributed by atoms with E-state index in [1.165, 1.54) is 22.5 Å². The zero-order valence-corrected chi connectivity index (χ0v) is 26.3. The fraction of sp³-hybridized carbons (Fsp3) is 0.600. The third-order valence-electron chi connectivity index (χ3n) is 8.94. The molecule has 2 amide bonds. The zero-order chi connectivity index (χ0) is 32.4. The smallest absolute Gasteiger partial charge is 0.292 e. The first-order valence-corrected chi connectivity index (χ1v) is 17.0. The number of benzene rings is 1. The molecule has 1 aliphatic carbocycles. The van der Waals surface area contributed by atoms with Crippen LogP contribution in [0.2, 0.25) is 0 Å². The molecular formula is C30H42F2N8O4S. The highest BCUT2D eigenvalue weighted by Crippen LogP contribution is 2.44. The van der Waals surface area contributed by atoms with E-state index >= 15 is 8.78 Å². The number of hydrogen-bond donors (Lipinski definition) is 3. The second kappa shape index (κ2) is 13.6. The SMILES string of the molecule is Cc1cc(C(F)(F)[C@H]2CC[C@H](C(=O)NCCCN)CC2)nc(N2CCN(S(=O)(=O)c3ccc(N4C[C@H](N)CC4=O)cc3)CC2)n1. The third kappa shape index (κ3) is 7.26. The molecule has 5 N–H and O–H groups in total. The Labute approximate surface area is 262 Å². The van der Waals surface area contributed by atoms with Crippen LogP contribution >= 0.6 is 0 Å². The maximum atomic E-state index is 15.8. The lowest BCUT2D eigenvalue weighted by molar-refractivity contribution is -0.129. The van der Waals surface area contributed by atoms with Crippen molar-refractivity contribution in [3.63, 3.8) is 0 Å². The number of nitrogens with zero attached hydrogens (tertiary/aromatic N) is 5. The molecule has 3 heterocycles. The molecule has 0 bridgehead atoms. The molecule has 1 saturated carbocycles. The fourth-order valence-corrected chi connectivity index (χ4v) is 7.73. The Bertz CT molecular complexity index is 1480. The quantitative estimate of drug-likeness (QED) is 0.325. The minimum Gasteiger partial charge on any atom is -0.356 e. The van der Waals surface area contributed by atoms with Crippen molar-refractivity contribution < 1.29 is 26.8 Å². The molecule has 5 rings (SSSR count). The molecule has 2 aliphatic heterocycles. The van der Waals surface area contributed by atoms with Crippen LogP contribution < -0.4 is 26.6 Å². The lowest BCUT2D eigenvalue weighted by Crippen LogP contribution is -2.49. The van der Waals surface area contributed by atoms with Crippen molar-refractivity contribution in [2.24, 2.45) is 23.3 Å². The van der Waals surface area contributed by atoms with Gasteiger partial charge in [-0.15, -0.1) is 0 Å². The molecule has 0 radical (unpaired) electrons. The van der Waals surface area contributed by atoms with Crippen molar-refractivity contribution in [2.75, 3.05) is 55.6 Å². The Balaban J connectivity index is 1.20. The van der Waals surface area contributed by atoms with Crippen LogP contribution in [0.15, 0.2) is 35.2 Å². The van der Waals surface area contributed by atoms with E-state index in [1.807, 2.05) is 0 Å². The van der Waals surface area contributed by atoms with Gasteiger partial charge in [-0.05, 0) is 75.9 Å². The summed E-state index contributed by atoms with van der Waals surface area (Å²) >= 11 is 0. The van der Waals surface area contributed by atoms with Crippen LogP contribution in [-0.4, -0.2) is 86.4 Å². The number of amides is 2. The van der Waals surface area contributed by atoms with Gasteiger partial charge >= 0.3 is 0 Å². The second-order valence-electron chi connectivity index (χ2n) is 12.2. The van der Waals surface area contributed by atoms with Gasteiger partial charge in [-0.25, -0.2) is 18.4 Å². The molecule has 45 heavy (non-hydrogen) atoms. The molecule has 15 heteroatoms. The minimum absolute atomic E-state index is 0.0975. The molecule has 3 fully saturated rings. The van der Waals surface area contributed by atoms with Gasteiger partial charge in [-0.1, -0.05) is 0 Å². The molecule has 2 aromatic rings. The molecule has 0 spiro atoms. The Kier molecular flexibility index (Phi) is 10.0. The van der Waals surface area contributed by atoms with Gasteiger partial charge in [0, 0.05) is 74.9 Å². The zero-order valence-electron chi connectivity index (χ0n) is 25.5. The van der Waals surface area contributed by atoms with E-state index in [-0.39, 0.29) is 85.8 Å². The van der Waals surface area contributed by atoms with E-state index in [9.17, 15) is 18.0 Å². The number of aryl methyl sites for hydroxylation is 1. The summed E-state index contributed by atoms with van der Waals surface area (Å²) in [6, 6.07) is 7.23. The van der Waals surface area contributed by atoms with Crippen molar-refractivity contribution in [3.8, 4) is 0 Å². The summed E-state index contributed by atoms with van der Waals surface area (Å²) in [4.78, 5) is 36.6. The Morgan fingerprint density at radius 2 is 1.73 bits per heavy atom. The van der Waals surface area contributed by atoms with Crippen molar-refractivity contribution in [2.45, 2.75) is 62.3 Å². The first-order valence-electron chi connectivity index (χ1n) is 15.5. The molecule has 2 saturated heterocycles. The van der Waals surface area contributed by atoms with Crippen molar-refractivity contribution in [3.05, 3.63) is 41.7 Å². The molecule has 0 unspecified atom stereocenters. The summed E-state index contributed by atoms with van der Waals surface area (Å²) in [6.07, 6.45) is 2.11. The van der Waals surface area contributed by atoms with Gasteiger partial charge in [0.2, 0.25) is 27.8 Å². The monoisotopic (exact) mass is 648 g/mol. The number of nitrogens with one attached hydrogen (secondary N) is 1. The van der Waals surface area contributed by atoms with Crippen LogP contribution in [0.4, 0.5) is 20.4 Å². The molecular weight excluding hydrogens is 606 g/mol. The number of sulfonamides is 1. The maximum absolute atomic E-state index is 15.8. The number of piperazine rings is 1. The number of anilines is 2. The molecule has 12 nitrogen and oxygen atoms in total. The van der Waals surface area contributed by atoms with Gasteiger partial charge in [0.1, 0.15) is 5.69 Å². The van der Waals surface area contributed by atoms with Crippen molar-refractivity contribution in [1.29, 1.82) is 0 Å². The van der Waals surface area contributed by atoms with Crippen LogP contribution in [0.25, 0.3) is 0 Å². The minimum atomic E-state index is -3.82. The topological polar surface area (TPSA) is 168 Å². The predicted octanol–water partition coefficient (Wildman–Crippen LogP) is 1.72. The molecule has 3 aliphatic rings. The largest absolute Gasteiger partial charge is 0.356 e. The summed E-state index contributed by atoms with van der Waals surface area (Å²) in [5.41, 5.74) is 12.0. The van der Waals surface area contributed by atoms with E-state index in [0.717, 1.165) is 0 Å². The summed E-state index contributed by atoms with van der Waals surface area (Å²) in [6.45, 7) is 3.71. The highest BCUT2D eigenvalue weighted by molar-refractivity contribution is 7.89. The van der Waals surface area contributed by atoms with Gasteiger partial charge in [0.05, 0.1) is 4.90 Å². The van der Waals surface area contributed by atoms with E-state index in [0.29, 0.717) is 50.3 Å². The summed E-state index contributed by atoms with van der Waals surface area (Å²) < 4.78 is 59.7. The number of halogens is 2. The summed E-state index contributed by atoms with van der Waals surface area (Å²) in [5.74, 6) is -4.48. The number of alkyl halides is 2. The maximum Gasteiger partial charge on any atom is 0.292 e. The molecule has 1 aromatic carbocycles. The van der Waals surface area contributed by atoms with Gasteiger partial charge in [-0.3, -0.25) is 9.59 Å². The highest BCUT2D eigenvalue weighted by Gasteiger charge is 2.45. The average Bonchev–Trinajstić information content (AvgIpc) is 3.38. The number of rotatable bonds is 10. The molecule has 1 aromatic heterocycles. The van der Waals surface area contributed by atoms with Crippen molar-refractivity contribution >= 4 is 33.5 Å². The van der Waals surface area contributed by atoms with Crippen LogP contribution in [-0.2, 0) is 25.5 Å². The van der Waals surface area contributed by atoms with Gasteiger partial charge < -0.3 is 26.6 Å². The first kappa shape index (κ1) is 33.1. The Morgan fingerprint density at radius 3 is 2.33 bits per heavy atom. The molecule has 1 atom stereocenters. The fourth-order valence-electron chi connectivity index (χ4n) is 6.31. The van der Waals surface area contributed by atoms with E-state index < -0.39 is 21.9 Å². The van der Waals surface area contributed by atoms with Gasteiger partial charge in [-0.2, -0.15) is 13.1 Å². The van der Waals surface area contributed by atoms with Crippen LogP contribution in [0.1, 0.15) is 49.9 Å². The summed E-state index contributed by atoms with van der Waals surface area (Å²) in [5, 5.41) is 2.84. The third-order valence-corrected chi connectivity index (χ3v) is 10.9. The average molecular weight is 649 g/mol. The normalized spacial score (nSPS) is 23.4. The van der Waals surface area contributed by atoms with Gasteiger partial charge in [0.25, 0.3) is 5.92 Å². The second-order valence-corrected chi connectivity index (χ2v) is 14.1. The number of nitrogens with two attached hydrogens (primary N) is 2. The van der Waals surface area contributed by atoms with Crippen LogP contribution in [0, 0.1) is 18.8 Å². The van der Waals surface area contributed by atoms with Crippen molar-refractivity contribution in [1.82, 2.24) is 19.6 Å². The van der Waals surface area contributed by atoms with Crippen LogP contribution in [0.3, 0.4) is 0 Å². The van der Waals surface area contributed by atoms with Gasteiger partial charge in [0.15, 0.2) is 0 Å². The lowest BCUT2D eigenvalue weighted by Gasteiger charge is -2.35. The number of hydrogen-bond acceptors (Lipinski definition) is 9. The molecule has 246 valence electrons. The van der Waals surface area contributed by atoms with Crippen LogP contribution in [0.5, 0.6) is 0 Å².